The average molecular weight is 185 g/mol. The second-order valence-corrected chi connectivity index (χ2v) is 3.39. The lowest BCUT2D eigenvalue weighted by Gasteiger charge is -2.03. The second kappa shape index (κ2) is 3.78. The van der Waals surface area contributed by atoms with Gasteiger partial charge in [-0.3, -0.25) is 4.79 Å². The Labute approximate surface area is 75.4 Å². The van der Waals surface area contributed by atoms with Gasteiger partial charge in [0.2, 0.25) is 0 Å². The van der Waals surface area contributed by atoms with Crippen molar-refractivity contribution in [2.45, 2.75) is 20.0 Å². The van der Waals surface area contributed by atoms with E-state index in [1.165, 1.54) is 18.3 Å². The number of nitrogens with zero attached hydrogens (tertiary/aromatic N) is 1. The second-order valence-electron chi connectivity index (χ2n) is 2.51. The predicted molar refractivity (Wildman–Crippen MR) is 47.5 cm³/mol. The van der Waals surface area contributed by atoms with Crippen molar-refractivity contribution >= 4 is 17.1 Å². The van der Waals surface area contributed by atoms with Crippen molar-refractivity contribution in [3.8, 4) is 0 Å². The van der Waals surface area contributed by atoms with Gasteiger partial charge in [-0.15, -0.1) is 11.3 Å². The average Bonchev–Trinajstić information content (AvgIpc) is 2.51. The fourth-order valence-corrected chi connectivity index (χ4v) is 1.63. The summed E-state index contributed by atoms with van der Waals surface area (Å²) in [6.07, 6.45) is -0.0249. The lowest BCUT2D eigenvalue weighted by Crippen LogP contribution is -1.97. The Morgan fingerprint density at radius 2 is 2.42 bits per heavy atom. The lowest BCUT2D eigenvalue weighted by molar-refractivity contribution is 0.101. The summed E-state index contributed by atoms with van der Waals surface area (Å²) in [5, 5.41) is 2.61. The van der Waals surface area contributed by atoms with Crippen LogP contribution in [0.15, 0.2) is 5.38 Å². The smallest absolute Gasteiger partial charge is 0.178 e. The van der Waals surface area contributed by atoms with E-state index in [2.05, 4.69) is 4.98 Å². The van der Waals surface area contributed by atoms with Crippen molar-refractivity contribution in [1.29, 1.82) is 0 Å². The van der Waals surface area contributed by atoms with Crippen LogP contribution in [0.25, 0.3) is 0 Å². The lowest BCUT2D eigenvalue weighted by atomic mass is 10.3. The minimum atomic E-state index is -0.0249. The molecule has 0 spiro atoms. The summed E-state index contributed by atoms with van der Waals surface area (Å²) < 4.78 is 5.07. The Kier molecular flexibility index (Phi) is 2.94. The first-order chi connectivity index (χ1) is 5.65. The van der Waals surface area contributed by atoms with E-state index in [0.717, 1.165) is 5.01 Å². The number of rotatable bonds is 3. The molecule has 1 rings (SSSR count). The van der Waals surface area contributed by atoms with Gasteiger partial charge in [0.05, 0.1) is 0 Å². The van der Waals surface area contributed by atoms with Crippen LogP contribution in [0, 0.1) is 0 Å². The molecule has 1 aromatic heterocycles. The molecule has 1 unspecified atom stereocenters. The Morgan fingerprint density at radius 1 is 1.75 bits per heavy atom. The molecule has 0 aliphatic rings. The molecule has 0 aliphatic carbocycles. The van der Waals surface area contributed by atoms with Gasteiger partial charge in [0.15, 0.2) is 5.78 Å². The maximum absolute atomic E-state index is 10.9. The summed E-state index contributed by atoms with van der Waals surface area (Å²) in [7, 11) is 1.62. The highest BCUT2D eigenvalue weighted by Crippen LogP contribution is 2.20. The van der Waals surface area contributed by atoms with Crippen LogP contribution in [0.4, 0.5) is 0 Å². The summed E-state index contributed by atoms with van der Waals surface area (Å²) in [6.45, 7) is 3.42. The third-order valence-electron chi connectivity index (χ3n) is 1.58. The molecule has 0 bridgehead atoms. The van der Waals surface area contributed by atoms with Crippen LogP contribution >= 0.6 is 11.3 Å². The molecule has 0 saturated heterocycles. The highest BCUT2D eigenvalue weighted by Gasteiger charge is 2.10. The molecular weight excluding hydrogens is 174 g/mol. The topological polar surface area (TPSA) is 39.2 Å². The monoisotopic (exact) mass is 185 g/mol. The molecule has 4 heteroatoms. The fraction of sp³-hybridized carbons (Fsp3) is 0.500. The highest BCUT2D eigenvalue weighted by atomic mass is 32.1. The number of hydrogen-bond acceptors (Lipinski definition) is 4. The van der Waals surface area contributed by atoms with Crippen molar-refractivity contribution in [2.75, 3.05) is 7.11 Å². The van der Waals surface area contributed by atoms with E-state index in [4.69, 9.17) is 4.74 Å². The number of hydrogen-bond donors (Lipinski definition) is 0. The Bertz CT molecular complexity index is 282. The van der Waals surface area contributed by atoms with E-state index in [-0.39, 0.29) is 11.9 Å². The largest absolute Gasteiger partial charge is 0.375 e. The molecule has 0 amide bonds. The number of methoxy groups -OCH3 is 1. The first-order valence-corrected chi connectivity index (χ1v) is 4.52. The third kappa shape index (κ3) is 1.89. The zero-order chi connectivity index (χ0) is 9.14. The van der Waals surface area contributed by atoms with Gasteiger partial charge in [-0.25, -0.2) is 4.98 Å². The van der Waals surface area contributed by atoms with E-state index in [9.17, 15) is 4.79 Å². The molecule has 1 heterocycles. The van der Waals surface area contributed by atoms with Crippen LogP contribution in [0.5, 0.6) is 0 Å². The van der Waals surface area contributed by atoms with Crippen molar-refractivity contribution in [1.82, 2.24) is 4.98 Å². The van der Waals surface area contributed by atoms with Gasteiger partial charge in [0.1, 0.15) is 16.8 Å². The Morgan fingerprint density at radius 3 is 2.83 bits per heavy atom. The van der Waals surface area contributed by atoms with Crippen LogP contribution in [0.3, 0.4) is 0 Å². The van der Waals surface area contributed by atoms with Gasteiger partial charge in [-0.2, -0.15) is 0 Å². The van der Waals surface area contributed by atoms with Crippen molar-refractivity contribution in [2.24, 2.45) is 0 Å². The first kappa shape index (κ1) is 9.35. The number of aromatic nitrogens is 1. The number of Topliss-reactive ketones (excluding diaryl/α,β-unsaturated/α-hetero) is 1. The highest BCUT2D eigenvalue weighted by molar-refractivity contribution is 7.09. The Hall–Kier alpha value is -0.740. The molecule has 0 radical (unpaired) electrons. The molecule has 0 fully saturated rings. The molecule has 0 aliphatic heterocycles. The van der Waals surface area contributed by atoms with Gasteiger partial charge in [-0.05, 0) is 6.92 Å². The van der Waals surface area contributed by atoms with E-state index in [0.29, 0.717) is 5.69 Å². The maximum atomic E-state index is 10.9. The summed E-state index contributed by atoms with van der Waals surface area (Å²) in [5.41, 5.74) is 0.527. The normalized spacial score (nSPS) is 12.9. The molecule has 1 aromatic rings. The van der Waals surface area contributed by atoms with E-state index < -0.39 is 0 Å². The van der Waals surface area contributed by atoms with Crippen molar-refractivity contribution in [3.05, 3.63) is 16.1 Å². The predicted octanol–water partition coefficient (Wildman–Crippen LogP) is 2.05. The van der Waals surface area contributed by atoms with Gasteiger partial charge < -0.3 is 4.74 Å². The minimum absolute atomic E-state index is 0.000744. The van der Waals surface area contributed by atoms with Gasteiger partial charge >= 0.3 is 0 Å². The molecule has 0 aromatic carbocycles. The van der Waals surface area contributed by atoms with Crippen LogP contribution in [0.2, 0.25) is 0 Å². The number of ether oxygens (including phenoxy) is 1. The standard InChI is InChI=1S/C8H11NO2S/c1-5(10)7-4-12-8(9-7)6(2)11-3/h4,6H,1-3H3. The number of ketones is 1. The zero-order valence-corrected chi connectivity index (χ0v) is 8.14. The van der Waals surface area contributed by atoms with Crippen LogP contribution in [-0.4, -0.2) is 17.9 Å². The van der Waals surface area contributed by atoms with E-state index in [1.807, 2.05) is 6.92 Å². The van der Waals surface area contributed by atoms with Crippen LogP contribution in [0.1, 0.15) is 35.4 Å². The van der Waals surface area contributed by atoms with Crippen molar-refractivity contribution in [3.63, 3.8) is 0 Å². The Balaban J connectivity index is 2.84. The van der Waals surface area contributed by atoms with E-state index in [1.54, 1.807) is 12.5 Å². The summed E-state index contributed by atoms with van der Waals surface area (Å²) in [5.74, 6) is 0.000744. The maximum Gasteiger partial charge on any atom is 0.178 e. The molecule has 3 nitrogen and oxygen atoms in total. The summed E-state index contributed by atoms with van der Waals surface area (Å²) >= 11 is 1.45. The molecule has 12 heavy (non-hydrogen) atoms. The number of carbonyl (C=O) groups is 1. The first-order valence-electron chi connectivity index (χ1n) is 3.64. The van der Waals surface area contributed by atoms with Crippen LogP contribution in [-0.2, 0) is 4.74 Å². The molecule has 66 valence electrons. The SMILES string of the molecule is COC(C)c1nc(C(C)=O)cs1. The van der Waals surface area contributed by atoms with Gasteiger partial charge in [0, 0.05) is 19.4 Å². The van der Waals surface area contributed by atoms with Crippen LogP contribution < -0.4 is 0 Å². The molecule has 1 atom stereocenters. The zero-order valence-electron chi connectivity index (χ0n) is 7.33. The quantitative estimate of drug-likeness (QED) is 0.676. The van der Waals surface area contributed by atoms with Gasteiger partial charge in [-0.1, -0.05) is 0 Å². The number of thiazole rings is 1. The summed E-state index contributed by atoms with van der Waals surface area (Å²) in [4.78, 5) is 15.0. The molecule has 0 N–H and O–H groups in total. The fourth-order valence-electron chi connectivity index (χ4n) is 0.737. The third-order valence-corrected chi connectivity index (χ3v) is 2.59. The summed E-state index contributed by atoms with van der Waals surface area (Å²) in [6, 6.07) is 0. The number of carbonyl (C=O) groups excluding carboxylic acids is 1. The van der Waals surface area contributed by atoms with E-state index >= 15 is 0 Å². The molecule has 0 saturated carbocycles. The van der Waals surface area contributed by atoms with Gasteiger partial charge in [0.25, 0.3) is 0 Å². The van der Waals surface area contributed by atoms with Crippen molar-refractivity contribution < 1.29 is 9.53 Å². The minimum Gasteiger partial charge on any atom is -0.375 e. The molecular formula is C8H11NO2S.